The number of rotatable bonds is 6. The van der Waals surface area contributed by atoms with Crippen LogP contribution in [-0.2, 0) is 19.2 Å². The third kappa shape index (κ3) is 4.91. The van der Waals surface area contributed by atoms with Crippen LogP contribution < -0.4 is 0 Å². The van der Waals surface area contributed by atoms with Crippen molar-refractivity contribution in [2.24, 2.45) is 5.16 Å². The fourth-order valence-corrected chi connectivity index (χ4v) is 1.29. The summed E-state index contributed by atoms with van der Waals surface area (Å²) >= 11 is 0. The van der Waals surface area contributed by atoms with E-state index in [4.69, 9.17) is 4.74 Å². The summed E-state index contributed by atoms with van der Waals surface area (Å²) < 4.78 is 5.18. The highest BCUT2D eigenvalue weighted by molar-refractivity contribution is 6.63. The zero-order valence-corrected chi connectivity index (χ0v) is 10.5. The largest absolute Gasteiger partial charge is 0.455 e. The number of hydrogen-bond acceptors (Lipinski definition) is 5. The predicted octanol–water partition coefficient (Wildman–Crippen LogP) is 1.70. The average molecular weight is 229 g/mol. The molecule has 0 fully saturated rings. The topological polar surface area (TPSA) is 65.0 Å². The molecule has 0 atom stereocenters. The van der Waals surface area contributed by atoms with Crippen molar-refractivity contribution in [2.75, 3.05) is 7.11 Å². The predicted molar refractivity (Wildman–Crippen MR) is 60.2 cm³/mol. The second kappa shape index (κ2) is 6.25. The van der Waals surface area contributed by atoms with Crippen LogP contribution in [0.1, 0.15) is 40.5 Å². The first-order valence-electron chi connectivity index (χ1n) is 5.19. The van der Waals surface area contributed by atoms with Gasteiger partial charge in [-0.25, -0.2) is 4.79 Å². The van der Waals surface area contributed by atoms with Gasteiger partial charge in [-0.2, -0.15) is 0 Å². The van der Waals surface area contributed by atoms with Gasteiger partial charge in [0.25, 0.3) is 0 Å². The minimum Gasteiger partial charge on any atom is -0.455 e. The minimum atomic E-state index is -0.743. The fraction of sp³-hybridized carbons (Fsp3) is 0.727. The number of carbonyl (C=O) groups excluding carboxylic acids is 2. The first kappa shape index (κ1) is 14.6. The van der Waals surface area contributed by atoms with Gasteiger partial charge < -0.3 is 9.57 Å². The van der Waals surface area contributed by atoms with Crippen molar-refractivity contribution in [1.82, 2.24) is 0 Å². The van der Waals surface area contributed by atoms with Crippen LogP contribution in [0.2, 0.25) is 0 Å². The van der Waals surface area contributed by atoms with E-state index >= 15 is 0 Å². The van der Waals surface area contributed by atoms with Crippen molar-refractivity contribution in [1.29, 1.82) is 0 Å². The number of ketones is 1. The van der Waals surface area contributed by atoms with Crippen LogP contribution >= 0.6 is 0 Å². The Kier molecular flexibility index (Phi) is 5.71. The Balaban J connectivity index is 4.67. The zero-order chi connectivity index (χ0) is 12.8. The highest BCUT2D eigenvalue weighted by atomic mass is 16.6. The normalized spacial score (nSPS) is 12.2. The van der Waals surface area contributed by atoms with Gasteiger partial charge in [0.1, 0.15) is 12.7 Å². The van der Waals surface area contributed by atoms with Crippen molar-refractivity contribution in [2.45, 2.75) is 46.1 Å². The van der Waals surface area contributed by atoms with Crippen LogP contribution in [0.25, 0.3) is 0 Å². The molecule has 0 N–H and O–H groups in total. The number of Topliss-reactive ketones (excluding diaryl/α,β-unsaturated/α-hetero) is 1. The summed E-state index contributed by atoms with van der Waals surface area (Å²) in [5.41, 5.74) is -0.915. The summed E-state index contributed by atoms with van der Waals surface area (Å²) in [6.07, 6.45) is 1.61. The Hall–Kier alpha value is -1.39. The molecule has 0 aliphatic carbocycles. The lowest BCUT2D eigenvalue weighted by atomic mass is 10.0. The lowest BCUT2D eigenvalue weighted by Crippen LogP contribution is -2.34. The van der Waals surface area contributed by atoms with Gasteiger partial charge in [0.15, 0.2) is 5.78 Å². The number of carbonyl (C=O) groups is 2. The average Bonchev–Trinajstić information content (AvgIpc) is 2.12. The molecule has 0 saturated heterocycles. The Bertz CT molecular complexity index is 294. The first-order valence-corrected chi connectivity index (χ1v) is 5.19. The van der Waals surface area contributed by atoms with Crippen LogP contribution in [0.4, 0.5) is 0 Å². The Morgan fingerprint density at radius 1 is 1.31 bits per heavy atom. The molecule has 0 unspecified atom stereocenters. The van der Waals surface area contributed by atoms with E-state index in [-0.39, 0.29) is 5.71 Å². The summed E-state index contributed by atoms with van der Waals surface area (Å²) in [6, 6.07) is 0. The van der Waals surface area contributed by atoms with E-state index in [0.29, 0.717) is 0 Å². The van der Waals surface area contributed by atoms with Gasteiger partial charge in [-0.15, -0.1) is 0 Å². The molecule has 0 saturated carbocycles. The summed E-state index contributed by atoms with van der Waals surface area (Å²) in [4.78, 5) is 27.1. The molecule has 0 aliphatic heterocycles. The van der Waals surface area contributed by atoms with Gasteiger partial charge in [0.2, 0.25) is 5.71 Å². The Morgan fingerprint density at radius 2 is 1.88 bits per heavy atom. The highest BCUT2D eigenvalue weighted by Crippen LogP contribution is 2.16. The molecule has 0 rings (SSSR count). The van der Waals surface area contributed by atoms with E-state index in [1.165, 1.54) is 14.0 Å². The molecule has 0 aliphatic rings. The maximum Gasteiger partial charge on any atom is 0.364 e. The smallest absolute Gasteiger partial charge is 0.364 e. The summed E-state index contributed by atoms with van der Waals surface area (Å²) in [5.74, 6) is -1.22. The van der Waals surface area contributed by atoms with E-state index in [2.05, 4.69) is 9.99 Å². The Labute approximate surface area is 95.8 Å². The van der Waals surface area contributed by atoms with Crippen LogP contribution in [0.3, 0.4) is 0 Å². The van der Waals surface area contributed by atoms with Gasteiger partial charge in [-0.05, 0) is 20.3 Å². The second-order valence-electron chi connectivity index (χ2n) is 4.08. The van der Waals surface area contributed by atoms with Crippen molar-refractivity contribution in [3.8, 4) is 0 Å². The second-order valence-corrected chi connectivity index (χ2v) is 4.08. The van der Waals surface area contributed by atoms with E-state index in [9.17, 15) is 9.59 Å². The highest BCUT2D eigenvalue weighted by Gasteiger charge is 2.27. The lowest BCUT2D eigenvalue weighted by Gasteiger charge is -2.24. The molecule has 0 aromatic heterocycles. The summed E-state index contributed by atoms with van der Waals surface area (Å²) in [5, 5.41) is 3.36. The lowest BCUT2D eigenvalue weighted by molar-refractivity contribution is -0.148. The third-order valence-corrected chi connectivity index (χ3v) is 1.93. The molecule has 5 nitrogen and oxygen atoms in total. The molecule has 0 amide bonds. The molecule has 16 heavy (non-hydrogen) atoms. The molecule has 0 aromatic carbocycles. The van der Waals surface area contributed by atoms with Crippen LogP contribution in [0, 0.1) is 0 Å². The molecule has 0 heterocycles. The minimum absolute atomic E-state index is 0.313. The maximum absolute atomic E-state index is 11.6. The quantitative estimate of drug-likeness (QED) is 0.301. The van der Waals surface area contributed by atoms with Crippen LogP contribution in [0.15, 0.2) is 5.16 Å². The number of oxime groups is 1. The van der Waals surface area contributed by atoms with Crippen LogP contribution in [-0.4, -0.2) is 30.2 Å². The van der Waals surface area contributed by atoms with E-state index in [1.807, 2.05) is 6.92 Å². The van der Waals surface area contributed by atoms with Gasteiger partial charge in [-0.1, -0.05) is 18.5 Å². The number of esters is 1. The molecule has 92 valence electrons. The maximum atomic E-state index is 11.6. The SMILES string of the molecule is CCCC(C)(C)OC(=O)C(=NOC)C(C)=O. The third-order valence-electron chi connectivity index (χ3n) is 1.93. The first-order chi connectivity index (χ1) is 7.34. The van der Waals surface area contributed by atoms with Crippen molar-refractivity contribution < 1.29 is 19.2 Å². The Morgan fingerprint density at radius 3 is 2.25 bits per heavy atom. The van der Waals surface area contributed by atoms with Gasteiger partial charge in [0, 0.05) is 6.92 Å². The van der Waals surface area contributed by atoms with Gasteiger partial charge >= 0.3 is 5.97 Å². The van der Waals surface area contributed by atoms with Crippen molar-refractivity contribution >= 4 is 17.5 Å². The molecule has 0 spiro atoms. The van der Waals surface area contributed by atoms with Crippen molar-refractivity contribution in [3.63, 3.8) is 0 Å². The monoisotopic (exact) mass is 229 g/mol. The molecule has 5 heteroatoms. The number of ether oxygens (including phenoxy) is 1. The number of nitrogens with zero attached hydrogens (tertiary/aromatic N) is 1. The zero-order valence-electron chi connectivity index (χ0n) is 10.5. The molecular formula is C11H19NO4. The summed E-state index contributed by atoms with van der Waals surface area (Å²) in [7, 11) is 1.27. The van der Waals surface area contributed by atoms with Gasteiger partial charge in [-0.3, -0.25) is 4.79 Å². The van der Waals surface area contributed by atoms with Gasteiger partial charge in [0.05, 0.1) is 0 Å². The van der Waals surface area contributed by atoms with E-state index < -0.39 is 17.4 Å². The van der Waals surface area contributed by atoms with E-state index in [0.717, 1.165) is 12.8 Å². The number of hydrogen-bond donors (Lipinski definition) is 0. The fourth-order valence-electron chi connectivity index (χ4n) is 1.29. The van der Waals surface area contributed by atoms with Crippen LogP contribution in [0.5, 0.6) is 0 Å². The molecule has 0 radical (unpaired) electrons. The van der Waals surface area contributed by atoms with E-state index in [1.54, 1.807) is 13.8 Å². The molecule has 0 bridgehead atoms. The molecular weight excluding hydrogens is 210 g/mol. The summed E-state index contributed by atoms with van der Waals surface area (Å²) in [6.45, 7) is 6.81. The standard InChI is InChI=1S/C11H19NO4/c1-6-7-11(3,4)16-10(14)9(8(2)13)12-15-5/h6-7H2,1-5H3. The molecule has 0 aromatic rings. The van der Waals surface area contributed by atoms with Crippen molar-refractivity contribution in [3.05, 3.63) is 0 Å².